The van der Waals surface area contributed by atoms with Gasteiger partial charge in [-0.15, -0.1) is 0 Å². The number of carbonyl (C=O) groups excluding carboxylic acids is 1. The molecule has 4 heteroatoms. The van der Waals surface area contributed by atoms with E-state index in [0.29, 0.717) is 16.6 Å². The SMILES string of the molecule is Cc1cccc(NC(=O)c2cc3c(F)cccc3[nH]2)c1C. The number of halogens is 1. The Bertz CT molecular complexity index is 836. The molecule has 21 heavy (non-hydrogen) atoms. The first kappa shape index (κ1) is 13.4. The van der Waals surface area contributed by atoms with Crippen molar-refractivity contribution in [3.05, 3.63) is 65.1 Å². The van der Waals surface area contributed by atoms with Crippen LogP contribution in [0, 0.1) is 19.7 Å². The maximum absolute atomic E-state index is 13.7. The lowest BCUT2D eigenvalue weighted by molar-refractivity contribution is 0.102. The van der Waals surface area contributed by atoms with E-state index >= 15 is 0 Å². The van der Waals surface area contributed by atoms with Crippen molar-refractivity contribution in [2.24, 2.45) is 0 Å². The van der Waals surface area contributed by atoms with Crippen molar-refractivity contribution >= 4 is 22.5 Å². The molecule has 106 valence electrons. The van der Waals surface area contributed by atoms with Gasteiger partial charge in [0.25, 0.3) is 5.91 Å². The summed E-state index contributed by atoms with van der Waals surface area (Å²) in [5.74, 6) is -0.617. The minimum Gasteiger partial charge on any atom is -0.350 e. The number of amides is 1. The summed E-state index contributed by atoms with van der Waals surface area (Å²) in [7, 11) is 0. The van der Waals surface area contributed by atoms with E-state index in [9.17, 15) is 9.18 Å². The van der Waals surface area contributed by atoms with Gasteiger partial charge in [-0.25, -0.2) is 4.39 Å². The topological polar surface area (TPSA) is 44.9 Å². The number of carbonyl (C=O) groups is 1. The Morgan fingerprint density at radius 3 is 2.67 bits per heavy atom. The highest BCUT2D eigenvalue weighted by atomic mass is 19.1. The van der Waals surface area contributed by atoms with Crippen LogP contribution in [0.1, 0.15) is 21.6 Å². The zero-order chi connectivity index (χ0) is 15.0. The molecule has 0 saturated heterocycles. The molecule has 1 heterocycles. The molecule has 0 aliphatic carbocycles. The van der Waals surface area contributed by atoms with Crippen molar-refractivity contribution in [1.29, 1.82) is 0 Å². The van der Waals surface area contributed by atoms with Gasteiger partial charge in [-0.05, 0) is 49.2 Å². The summed E-state index contributed by atoms with van der Waals surface area (Å²) >= 11 is 0. The molecule has 1 amide bonds. The number of benzene rings is 2. The second-order valence-electron chi connectivity index (χ2n) is 5.09. The van der Waals surface area contributed by atoms with Crippen molar-refractivity contribution in [2.75, 3.05) is 5.32 Å². The molecular formula is C17H15FN2O. The lowest BCUT2D eigenvalue weighted by Gasteiger charge is -2.09. The first-order valence-electron chi connectivity index (χ1n) is 6.71. The fourth-order valence-corrected chi connectivity index (χ4v) is 2.32. The van der Waals surface area contributed by atoms with Crippen LogP contribution in [0.25, 0.3) is 10.9 Å². The van der Waals surface area contributed by atoms with Crippen molar-refractivity contribution in [3.8, 4) is 0 Å². The van der Waals surface area contributed by atoms with Gasteiger partial charge in [0.2, 0.25) is 0 Å². The molecule has 0 unspecified atom stereocenters. The van der Waals surface area contributed by atoms with Crippen molar-refractivity contribution in [1.82, 2.24) is 4.98 Å². The van der Waals surface area contributed by atoms with Gasteiger partial charge in [0.1, 0.15) is 11.5 Å². The van der Waals surface area contributed by atoms with Crippen LogP contribution in [-0.4, -0.2) is 10.9 Å². The highest BCUT2D eigenvalue weighted by Crippen LogP contribution is 2.21. The Labute approximate surface area is 121 Å². The summed E-state index contributed by atoms with van der Waals surface area (Å²) in [5, 5.41) is 3.28. The van der Waals surface area contributed by atoms with Crippen LogP contribution in [0.4, 0.5) is 10.1 Å². The first-order valence-corrected chi connectivity index (χ1v) is 6.71. The third-order valence-corrected chi connectivity index (χ3v) is 3.71. The maximum Gasteiger partial charge on any atom is 0.272 e. The molecule has 0 aliphatic heterocycles. The van der Waals surface area contributed by atoms with E-state index in [2.05, 4.69) is 10.3 Å². The fourth-order valence-electron chi connectivity index (χ4n) is 2.32. The molecule has 0 fully saturated rings. The van der Waals surface area contributed by atoms with Crippen LogP contribution in [-0.2, 0) is 0 Å². The minimum atomic E-state index is -0.338. The van der Waals surface area contributed by atoms with Crippen molar-refractivity contribution in [2.45, 2.75) is 13.8 Å². The van der Waals surface area contributed by atoms with Gasteiger partial charge in [0, 0.05) is 16.6 Å². The molecule has 1 aromatic heterocycles. The lowest BCUT2D eigenvalue weighted by atomic mass is 10.1. The van der Waals surface area contributed by atoms with E-state index in [-0.39, 0.29) is 11.7 Å². The average Bonchev–Trinajstić information content (AvgIpc) is 2.89. The molecule has 0 atom stereocenters. The molecule has 0 bridgehead atoms. The molecule has 2 aromatic carbocycles. The van der Waals surface area contributed by atoms with Gasteiger partial charge < -0.3 is 10.3 Å². The van der Waals surface area contributed by atoms with E-state index in [1.807, 2.05) is 32.0 Å². The van der Waals surface area contributed by atoms with Crippen LogP contribution >= 0.6 is 0 Å². The number of H-pyrrole nitrogens is 1. The molecule has 2 N–H and O–H groups in total. The molecule has 0 spiro atoms. The Morgan fingerprint density at radius 2 is 1.90 bits per heavy atom. The highest BCUT2D eigenvalue weighted by Gasteiger charge is 2.13. The van der Waals surface area contributed by atoms with Crippen molar-refractivity contribution in [3.63, 3.8) is 0 Å². The van der Waals surface area contributed by atoms with Crippen LogP contribution in [0.3, 0.4) is 0 Å². The molecule has 3 aromatic rings. The number of anilines is 1. The van der Waals surface area contributed by atoms with Gasteiger partial charge >= 0.3 is 0 Å². The Balaban J connectivity index is 1.94. The molecule has 3 nitrogen and oxygen atoms in total. The Hall–Kier alpha value is -2.62. The zero-order valence-electron chi connectivity index (χ0n) is 11.8. The van der Waals surface area contributed by atoms with Crippen molar-refractivity contribution < 1.29 is 9.18 Å². The summed E-state index contributed by atoms with van der Waals surface area (Å²) in [6, 6.07) is 12.0. The zero-order valence-corrected chi connectivity index (χ0v) is 11.8. The lowest BCUT2D eigenvalue weighted by Crippen LogP contribution is -2.13. The van der Waals surface area contributed by atoms with E-state index in [1.54, 1.807) is 12.1 Å². The standard InChI is InChI=1S/C17H15FN2O/c1-10-5-3-7-14(11(10)2)20-17(21)16-9-12-13(18)6-4-8-15(12)19-16/h3-9,19H,1-2H3,(H,20,21). The maximum atomic E-state index is 13.7. The summed E-state index contributed by atoms with van der Waals surface area (Å²) in [6.45, 7) is 3.94. The summed E-state index contributed by atoms with van der Waals surface area (Å²) < 4.78 is 13.7. The van der Waals surface area contributed by atoms with Gasteiger partial charge in [0.05, 0.1) is 0 Å². The monoisotopic (exact) mass is 282 g/mol. The number of rotatable bonds is 2. The molecule has 0 radical (unpaired) electrons. The predicted molar refractivity (Wildman–Crippen MR) is 82.1 cm³/mol. The molecular weight excluding hydrogens is 267 g/mol. The Morgan fingerprint density at radius 1 is 1.14 bits per heavy atom. The molecule has 0 aliphatic rings. The highest BCUT2D eigenvalue weighted by molar-refractivity contribution is 6.06. The number of nitrogens with one attached hydrogen (secondary N) is 2. The first-order chi connectivity index (χ1) is 10.1. The van der Waals surface area contributed by atoms with E-state index in [0.717, 1.165) is 16.8 Å². The normalized spacial score (nSPS) is 10.8. The van der Waals surface area contributed by atoms with Crippen LogP contribution < -0.4 is 5.32 Å². The fraction of sp³-hybridized carbons (Fsp3) is 0.118. The van der Waals surface area contributed by atoms with Gasteiger partial charge in [-0.2, -0.15) is 0 Å². The van der Waals surface area contributed by atoms with Crippen LogP contribution in [0.15, 0.2) is 42.5 Å². The number of aryl methyl sites for hydroxylation is 1. The van der Waals surface area contributed by atoms with Gasteiger partial charge in [-0.3, -0.25) is 4.79 Å². The second-order valence-corrected chi connectivity index (χ2v) is 5.09. The number of hydrogen-bond donors (Lipinski definition) is 2. The molecule has 0 saturated carbocycles. The molecule has 3 rings (SSSR count). The third-order valence-electron chi connectivity index (χ3n) is 3.71. The van der Waals surface area contributed by atoms with Crippen LogP contribution in [0.5, 0.6) is 0 Å². The second kappa shape index (κ2) is 5.05. The van der Waals surface area contributed by atoms with Gasteiger partial charge in [-0.1, -0.05) is 18.2 Å². The third kappa shape index (κ3) is 2.40. The summed E-state index contributed by atoms with van der Waals surface area (Å²) in [5.41, 5.74) is 3.85. The number of hydrogen-bond acceptors (Lipinski definition) is 1. The predicted octanol–water partition coefficient (Wildman–Crippen LogP) is 4.18. The number of fused-ring (bicyclic) bond motifs is 1. The van der Waals surface area contributed by atoms with E-state index in [4.69, 9.17) is 0 Å². The largest absolute Gasteiger partial charge is 0.350 e. The number of aromatic nitrogens is 1. The minimum absolute atomic E-state index is 0.278. The van der Waals surface area contributed by atoms with Crippen LogP contribution in [0.2, 0.25) is 0 Å². The summed E-state index contributed by atoms with van der Waals surface area (Å²) in [6.07, 6.45) is 0. The summed E-state index contributed by atoms with van der Waals surface area (Å²) in [4.78, 5) is 15.2. The van der Waals surface area contributed by atoms with E-state index in [1.165, 1.54) is 12.1 Å². The van der Waals surface area contributed by atoms with Gasteiger partial charge in [0.15, 0.2) is 0 Å². The number of aromatic amines is 1. The smallest absolute Gasteiger partial charge is 0.272 e. The average molecular weight is 282 g/mol. The quantitative estimate of drug-likeness (QED) is 0.727. The Kier molecular flexibility index (Phi) is 3.22. The van der Waals surface area contributed by atoms with E-state index < -0.39 is 0 Å².